The molecule has 25 heavy (non-hydrogen) atoms. The zero-order valence-electron chi connectivity index (χ0n) is 15.2. The van der Waals surface area contributed by atoms with Gasteiger partial charge in [-0.1, -0.05) is 55.8 Å². The Kier molecular flexibility index (Phi) is 4.13. The van der Waals surface area contributed by atoms with Gasteiger partial charge < -0.3 is 9.47 Å². The largest absolute Gasteiger partial charge is 0.343 e. The third-order valence-corrected chi connectivity index (χ3v) is 5.75. The quantitative estimate of drug-likeness (QED) is 0.624. The van der Waals surface area contributed by atoms with Crippen LogP contribution in [0.2, 0.25) is 5.02 Å². The topological polar surface area (TPSA) is 8.17 Å². The summed E-state index contributed by atoms with van der Waals surface area (Å²) in [4.78, 5) is 2.40. The van der Waals surface area contributed by atoms with Crippen molar-refractivity contribution < 1.29 is 0 Å². The van der Waals surface area contributed by atoms with Gasteiger partial charge in [0.15, 0.2) is 0 Å². The highest BCUT2D eigenvalue weighted by Crippen LogP contribution is 2.35. The van der Waals surface area contributed by atoms with Gasteiger partial charge in [-0.05, 0) is 36.4 Å². The Labute approximate surface area is 155 Å². The number of hydrogen-bond acceptors (Lipinski definition) is 1. The van der Waals surface area contributed by atoms with E-state index in [1.54, 1.807) is 0 Å². The van der Waals surface area contributed by atoms with Crippen LogP contribution in [0.1, 0.15) is 30.7 Å². The molecule has 130 valence electrons. The first-order valence-electron chi connectivity index (χ1n) is 8.99. The van der Waals surface area contributed by atoms with E-state index in [4.69, 9.17) is 11.6 Å². The highest BCUT2D eigenvalue weighted by Gasteiger charge is 2.27. The van der Waals surface area contributed by atoms with E-state index in [2.05, 4.69) is 72.8 Å². The minimum absolute atomic E-state index is 0.0734. The van der Waals surface area contributed by atoms with Gasteiger partial charge in [0.25, 0.3) is 0 Å². The first-order chi connectivity index (χ1) is 12.0. The molecule has 1 aliphatic rings. The van der Waals surface area contributed by atoms with Crippen LogP contribution in [0.5, 0.6) is 0 Å². The van der Waals surface area contributed by atoms with E-state index in [1.165, 1.54) is 27.7 Å². The fourth-order valence-electron chi connectivity index (χ4n) is 4.11. The van der Waals surface area contributed by atoms with Crippen molar-refractivity contribution in [2.45, 2.75) is 38.8 Å². The maximum Gasteiger partial charge on any atom is 0.0487 e. The Morgan fingerprint density at radius 3 is 2.60 bits per heavy atom. The molecule has 2 nitrogen and oxygen atoms in total. The lowest BCUT2D eigenvalue weighted by atomic mass is 9.84. The molecular weight excluding hydrogens is 328 g/mol. The normalized spacial score (nSPS) is 15.5. The van der Waals surface area contributed by atoms with Gasteiger partial charge >= 0.3 is 0 Å². The maximum atomic E-state index is 6.31. The molecule has 1 aromatic heterocycles. The summed E-state index contributed by atoms with van der Waals surface area (Å²) < 4.78 is 2.54. The van der Waals surface area contributed by atoms with Crippen LogP contribution < -0.4 is 0 Å². The predicted octanol–water partition coefficient (Wildman–Crippen LogP) is 5.26. The van der Waals surface area contributed by atoms with E-state index in [9.17, 15) is 0 Å². The molecule has 0 unspecified atom stereocenters. The van der Waals surface area contributed by atoms with Crippen molar-refractivity contribution in [3.8, 4) is 0 Å². The molecule has 0 amide bonds. The van der Waals surface area contributed by atoms with Crippen molar-refractivity contribution in [3.05, 3.63) is 70.4 Å². The summed E-state index contributed by atoms with van der Waals surface area (Å²) in [6.45, 7) is 7.78. The molecule has 3 aromatic rings. The summed E-state index contributed by atoms with van der Waals surface area (Å²) in [5, 5.41) is 2.14. The molecule has 2 heterocycles. The van der Waals surface area contributed by atoms with Gasteiger partial charge in [0, 0.05) is 53.1 Å². The summed E-state index contributed by atoms with van der Waals surface area (Å²) in [5.41, 5.74) is 5.71. The Morgan fingerprint density at radius 2 is 1.84 bits per heavy atom. The van der Waals surface area contributed by atoms with Crippen LogP contribution in [0, 0.1) is 0 Å². The second kappa shape index (κ2) is 6.19. The van der Waals surface area contributed by atoms with E-state index < -0.39 is 0 Å². The zero-order valence-corrected chi connectivity index (χ0v) is 16.0. The van der Waals surface area contributed by atoms with E-state index >= 15 is 0 Å². The third kappa shape index (κ3) is 2.98. The molecule has 2 aromatic carbocycles. The average Bonchev–Trinajstić information content (AvgIpc) is 2.88. The maximum absolute atomic E-state index is 6.31. The number of hydrogen-bond donors (Lipinski definition) is 0. The van der Waals surface area contributed by atoms with Gasteiger partial charge in [0.1, 0.15) is 0 Å². The van der Waals surface area contributed by atoms with Crippen LogP contribution in [-0.2, 0) is 24.9 Å². The first-order valence-corrected chi connectivity index (χ1v) is 9.37. The molecule has 0 N–H and O–H groups in total. The Morgan fingerprint density at radius 1 is 1.08 bits per heavy atom. The monoisotopic (exact) mass is 352 g/mol. The fraction of sp³-hybridized carbons (Fsp3) is 0.364. The summed E-state index contributed by atoms with van der Waals surface area (Å²) >= 11 is 6.31. The predicted molar refractivity (Wildman–Crippen MR) is 106 cm³/mol. The highest BCUT2D eigenvalue weighted by atomic mass is 35.5. The summed E-state index contributed by atoms with van der Waals surface area (Å²) in [5.74, 6) is 0. The minimum atomic E-state index is 0.0734. The number of benzene rings is 2. The van der Waals surface area contributed by atoms with Gasteiger partial charge in [0.05, 0.1) is 0 Å². The molecule has 0 spiro atoms. The summed E-state index contributed by atoms with van der Waals surface area (Å²) in [7, 11) is 2.20. The SMILES string of the molecule is CN1CCc2c(c3cc(Cl)ccc3n2CC(C)(C)c2ccccc2)C1. The van der Waals surface area contributed by atoms with E-state index in [0.717, 1.165) is 31.1 Å². The van der Waals surface area contributed by atoms with Crippen molar-refractivity contribution in [2.24, 2.45) is 0 Å². The van der Waals surface area contributed by atoms with Crippen LogP contribution in [-0.4, -0.2) is 23.1 Å². The van der Waals surface area contributed by atoms with Crippen LogP contribution in [0.25, 0.3) is 10.9 Å². The Hall–Kier alpha value is -1.77. The lowest BCUT2D eigenvalue weighted by Crippen LogP contribution is -2.30. The molecule has 0 atom stereocenters. The molecule has 0 saturated carbocycles. The zero-order chi connectivity index (χ0) is 17.6. The molecule has 0 bridgehead atoms. The molecular formula is C22H25ClN2. The van der Waals surface area contributed by atoms with Crippen LogP contribution in [0.3, 0.4) is 0 Å². The number of likely N-dealkylation sites (N-methyl/N-ethyl adjacent to an activating group) is 1. The number of nitrogens with zero attached hydrogens (tertiary/aromatic N) is 2. The van der Waals surface area contributed by atoms with Gasteiger partial charge in [-0.25, -0.2) is 0 Å². The van der Waals surface area contributed by atoms with Crippen molar-refractivity contribution >= 4 is 22.5 Å². The Balaban J connectivity index is 1.85. The smallest absolute Gasteiger partial charge is 0.0487 e. The van der Waals surface area contributed by atoms with Crippen molar-refractivity contribution in [3.63, 3.8) is 0 Å². The summed E-state index contributed by atoms with van der Waals surface area (Å²) in [6, 6.07) is 17.2. The lowest BCUT2D eigenvalue weighted by molar-refractivity contribution is 0.306. The second-order valence-corrected chi connectivity index (χ2v) is 8.35. The van der Waals surface area contributed by atoms with Crippen molar-refractivity contribution in [1.29, 1.82) is 0 Å². The lowest BCUT2D eigenvalue weighted by Gasteiger charge is -2.30. The molecule has 0 fully saturated rings. The highest BCUT2D eigenvalue weighted by molar-refractivity contribution is 6.31. The third-order valence-electron chi connectivity index (χ3n) is 5.52. The molecule has 3 heteroatoms. The molecule has 1 aliphatic heterocycles. The van der Waals surface area contributed by atoms with Crippen molar-refractivity contribution in [1.82, 2.24) is 9.47 Å². The second-order valence-electron chi connectivity index (χ2n) is 7.91. The number of fused-ring (bicyclic) bond motifs is 3. The van der Waals surface area contributed by atoms with E-state index in [0.29, 0.717) is 0 Å². The average molecular weight is 353 g/mol. The number of halogens is 1. The standard InChI is InChI=1S/C22H25ClN2/c1-22(2,16-7-5-4-6-8-16)15-25-20-10-9-17(23)13-18(20)19-14-24(3)12-11-21(19)25/h4-10,13H,11-12,14-15H2,1-3H3. The summed E-state index contributed by atoms with van der Waals surface area (Å²) in [6.07, 6.45) is 1.10. The fourth-order valence-corrected chi connectivity index (χ4v) is 4.29. The van der Waals surface area contributed by atoms with Gasteiger partial charge in [-0.3, -0.25) is 0 Å². The van der Waals surface area contributed by atoms with Gasteiger partial charge in [-0.2, -0.15) is 0 Å². The molecule has 4 rings (SSSR count). The minimum Gasteiger partial charge on any atom is -0.343 e. The number of rotatable bonds is 3. The number of aromatic nitrogens is 1. The Bertz CT molecular complexity index is 909. The molecule has 0 radical (unpaired) electrons. The van der Waals surface area contributed by atoms with Crippen LogP contribution >= 0.6 is 11.6 Å². The van der Waals surface area contributed by atoms with Crippen LogP contribution in [0.4, 0.5) is 0 Å². The van der Waals surface area contributed by atoms with Gasteiger partial charge in [0.2, 0.25) is 0 Å². The van der Waals surface area contributed by atoms with E-state index in [1.807, 2.05) is 6.07 Å². The molecule has 0 saturated heterocycles. The molecule has 0 aliphatic carbocycles. The first kappa shape index (κ1) is 16.7. The van der Waals surface area contributed by atoms with Crippen molar-refractivity contribution in [2.75, 3.05) is 13.6 Å². The van der Waals surface area contributed by atoms with Gasteiger partial charge in [-0.15, -0.1) is 0 Å². The van der Waals surface area contributed by atoms with Crippen LogP contribution in [0.15, 0.2) is 48.5 Å². The van der Waals surface area contributed by atoms with E-state index in [-0.39, 0.29) is 5.41 Å².